The summed E-state index contributed by atoms with van der Waals surface area (Å²) in [6.07, 6.45) is 3.47. The molecule has 5 heteroatoms. The van der Waals surface area contributed by atoms with Crippen molar-refractivity contribution in [3.63, 3.8) is 0 Å². The van der Waals surface area contributed by atoms with Gasteiger partial charge in [0.05, 0.1) is 4.90 Å². The van der Waals surface area contributed by atoms with Gasteiger partial charge in [-0.05, 0) is 50.4 Å². The Morgan fingerprint density at radius 3 is 2.68 bits per heavy atom. The number of sulfonamides is 1. The normalized spacial score (nSPS) is 18.0. The summed E-state index contributed by atoms with van der Waals surface area (Å²) in [5, 5.41) is 3.02. The molecular formula is C14H22N2O2S. The van der Waals surface area contributed by atoms with Gasteiger partial charge in [0.1, 0.15) is 0 Å². The summed E-state index contributed by atoms with van der Waals surface area (Å²) in [5.74, 6) is 0.496. The predicted octanol–water partition coefficient (Wildman–Crippen LogP) is 1.87. The fourth-order valence-electron chi connectivity index (χ4n) is 2.38. The lowest BCUT2D eigenvalue weighted by Crippen LogP contribution is -2.40. The van der Waals surface area contributed by atoms with E-state index in [-0.39, 0.29) is 6.04 Å². The van der Waals surface area contributed by atoms with E-state index >= 15 is 0 Å². The average Bonchev–Trinajstić information content (AvgIpc) is 2.26. The first-order valence-electron chi connectivity index (χ1n) is 6.79. The smallest absolute Gasteiger partial charge is 0.240 e. The summed E-state index contributed by atoms with van der Waals surface area (Å²) in [6.45, 7) is 2.63. The highest BCUT2D eigenvalue weighted by molar-refractivity contribution is 7.89. The third-order valence-corrected chi connectivity index (χ3v) is 5.34. The molecule has 0 saturated heterocycles. The lowest BCUT2D eigenvalue weighted by atomic mass is 9.81. The van der Waals surface area contributed by atoms with Gasteiger partial charge in [-0.15, -0.1) is 0 Å². The van der Waals surface area contributed by atoms with Gasteiger partial charge >= 0.3 is 0 Å². The summed E-state index contributed by atoms with van der Waals surface area (Å²) in [7, 11) is -1.55. The SMILES string of the molecule is CNCc1cccc(S(=O)(=O)NC(C)C2CCC2)c1. The van der Waals surface area contributed by atoms with Crippen LogP contribution in [0.3, 0.4) is 0 Å². The van der Waals surface area contributed by atoms with Crippen LogP contribution in [0.4, 0.5) is 0 Å². The number of benzene rings is 1. The fourth-order valence-corrected chi connectivity index (χ4v) is 3.76. The first kappa shape index (κ1) is 14.5. The second-order valence-corrected chi connectivity index (χ2v) is 6.99. The van der Waals surface area contributed by atoms with E-state index in [9.17, 15) is 8.42 Å². The van der Waals surface area contributed by atoms with Crippen molar-refractivity contribution in [2.24, 2.45) is 5.92 Å². The fraction of sp³-hybridized carbons (Fsp3) is 0.571. The van der Waals surface area contributed by atoms with Crippen molar-refractivity contribution in [2.75, 3.05) is 7.05 Å². The van der Waals surface area contributed by atoms with Crippen molar-refractivity contribution >= 4 is 10.0 Å². The molecule has 2 rings (SSSR count). The average molecular weight is 282 g/mol. The Labute approximate surface area is 115 Å². The van der Waals surface area contributed by atoms with E-state index in [1.54, 1.807) is 18.2 Å². The standard InChI is InChI=1S/C14H22N2O2S/c1-11(13-6-4-7-13)16-19(17,18)14-8-3-5-12(9-14)10-15-2/h3,5,8-9,11,13,15-16H,4,6-7,10H2,1-2H3. The Hall–Kier alpha value is -0.910. The Balaban J connectivity index is 2.11. The Kier molecular flexibility index (Phi) is 4.60. The largest absolute Gasteiger partial charge is 0.316 e. The van der Waals surface area contributed by atoms with Gasteiger partial charge in [0.2, 0.25) is 10.0 Å². The van der Waals surface area contributed by atoms with Crippen molar-refractivity contribution < 1.29 is 8.42 Å². The molecule has 1 aliphatic carbocycles. The highest BCUT2D eigenvalue weighted by Gasteiger charge is 2.27. The summed E-state index contributed by atoms with van der Waals surface area (Å²) < 4.78 is 27.4. The van der Waals surface area contributed by atoms with Gasteiger partial charge in [0, 0.05) is 12.6 Å². The van der Waals surface area contributed by atoms with Gasteiger partial charge < -0.3 is 5.32 Å². The minimum atomic E-state index is -3.40. The second kappa shape index (κ2) is 6.03. The van der Waals surface area contributed by atoms with Crippen LogP contribution in [0.5, 0.6) is 0 Å². The van der Waals surface area contributed by atoms with Gasteiger partial charge in [-0.3, -0.25) is 0 Å². The van der Waals surface area contributed by atoms with Crippen LogP contribution < -0.4 is 10.0 Å². The topological polar surface area (TPSA) is 58.2 Å². The summed E-state index contributed by atoms with van der Waals surface area (Å²) in [5.41, 5.74) is 0.974. The molecule has 0 aliphatic heterocycles. The van der Waals surface area contributed by atoms with E-state index in [1.807, 2.05) is 20.0 Å². The maximum absolute atomic E-state index is 12.3. The number of hydrogen-bond acceptors (Lipinski definition) is 3. The van der Waals surface area contributed by atoms with Crippen LogP contribution in [0, 0.1) is 5.92 Å². The van der Waals surface area contributed by atoms with Crippen LogP contribution in [0.25, 0.3) is 0 Å². The molecule has 0 aromatic heterocycles. The van der Waals surface area contributed by atoms with E-state index in [1.165, 1.54) is 6.42 Å². The van der Waals surface area contributed by atoms with Gasteiger partial charge in [0.25, 0.3) is 0 Å². The number of hydrogen-bond donors (Lipinski definition) is 2. The van der Waals surface area contributed by atoms with E-state index in [2.05, 4.69) is 10.0 Å². The van der Waals surface area contributed by atoms with E-state index in [4.69, 9.17) is 0 Å². The molecule has 0 bridgehead atoms. The molecule has 0 heterocycles. The zero-order valence-corrected chi connectivity index (χ0v) is 12.3. The third kappa shape index (κ3) is 3.55. The predicted molar refractivity (Wildman–Crippen MR) is 76.3 cm³/mol. The van der Waals surface area contributed by atoms with Crippen molar-refractivity contribution in [1.82, 2.24) is 10.0 Å². The maximum Gasteiger partial charge on any atom is 0.240 e. The molecule has 1 saturated carbocycles. The molecule has 0 spiro atoms. The van der Waals surface area contributed by atoms with Crippen molar-refractivity contribution in [3.8, 4) is 0 Å². The maximum atomic E-state index is 12.3. The van der Waals surface area contributed by atoms with Crippen LogP contribution in [-0.2, 0) is 16.6 Å². The van der Waals surface area contributed by atoms with E-state index in [0.29, 0.717) is 17.4 Å². The monoisotopic (exact) mass is 282 g/mol. The van der Waals surface area contributed by atoms with Crippen LogP contribution in [0.15, 0.2) is 29.2 Å². The lowest BCUT2D eigenvalue weighted by Gasteiger charge is -2.31. The zero-order valence-electron chi connectivity index (χ0n) is 11.5. The summed E-state index contributed by atoms with van der Waals surface area (Å²) in [6, 6.07) is 7.10. The molecule has 0 amide bonds. The Bertz CT molecular complexity index is 524. The molecular weight excluding hydrogens is 260 g/mol. The molecule has 1 aromatic rings. The third-order valence-electron chi connectivity index (χ3n) is 3.79. The van der Waals surface area contributed by atoms with Gasteiger partial charge in [-0.1, -0.05) is 18.6 Å². The second-order valence-electron chi connectivity index (χ2n) is 5.28. The van der Waals surface area contributed by atoms with Crippen LogP contribution >= 0.6 is 0 Å². The summed E-state index contributed by atoms with van der Waals surface area (Å²) in [4.78, 5) is 0.353. The molecule has 1 aliphatic rings. The van der Waals surface area contributed by atoms with Crippen LogP contribution in [-0.4, -0.2) is 21.5 Å². The molecule has 1 aromatic carbocycles. The van der Waals surface area contributed by atoms with E-state index < -0.39 is 10.0 Å². The minimum absolute atomic E-state index is 0.0201. The van der Waals surface area contributed by atoms with Gasteiger partial charge in [-0.25, -0.2) is 13.1 Å². The highest BCUT2D eigenvalue weighted by Crippen LogP contribution is 2.30. The summed E-state index contributed by atoms with van der Waals surface area (Å²) >= 11 is 0. The first-order valence-corrected chi connectivity index (χ1v) is 8.27. The highest BCUT2D eigenvalue weighted by atomic mass is 32.2. The quantitative estimate of drug-likeness (QED) is 0.837. The molecule has 1 atom stereocenters. The van der Waals surface area contributed by atoms with Crippen molar-refractivity contribution in [3.05, 3.63) is 29.8 Å². The number of nitrogens with one attached hydrogen (secondary N) is 2. The van der Waals surface area contributed by atoms with Crippen LogP contribution in [0.1, 0.15) is 31.7 Å². The number of rotatable bonds is 6. The molecule has 1 fully saturated rings. The van der Waals surface area contributed by atoms with Gasteiger partial charge in [0.15, 0.2) is 0 Å². The zero-order chi connectivity index (χ0) is 13.9. The molecule has 4 nitrogen and oxygen atoms in total. The molecule has 2 N–H and O–H groups in total. The van der Waals surface area contributed by atoms with Crippen molar-refractivity contribution in [1.29, 1.82) is 0 Å². The van der Waals surface area contributed by atoms with Gasteiger partial charge in [-0.2, -0.15) is 0 Å². The molecule has 106 valence electrons. The molecule has 0 radical (unpaired) electrons. The van der Waals surface area contributed by atoms with Crippen molar-refractivity contribution in [2.45, 2.75) is 43.7 Å². The Morgan fingerprint density at radius 1 is 1.37 bits per heavy atom. The lowest BCUT2D eigenvalue weighted by molar-refractivity contribution is 0.260. The Morgan fingerprint density at radius 2 is 2.11 bits per heavy atom. The first-order chi connectivity index (χ1) is 9.03. The van der Waals surface area contributed by atoms with Crippen LogP contribution in [0.2, 0.25) is 0 Å². The van der Waals surface area contributed by atoms with E-state index in [0.717, 1.165) is 18.4 Å². The minimum Gasteiger partial charge on any atom is -0.316 e. The molecule has 19 heavy (non-hydrogen) atoms. The molecule has 1 unspecified atom stereocenters.